The number of ether oxygens (including phenoxy) is 2. The van der Waals surface area contributed by atoms with E-state index >= 15 is 0 Å². The minimum atomic E-state index is -5.08. The predicted octanol–water partition coefficient (Wildman–Crippen LogP) is 7.57. The Morgan fingerprint density at radius 2 is 1.80 bits per heavy atom. The Morgan fingerprint density at radius 1 is 1.09 bits per heavy atom. The Labute approximate surface area is 317 Å². The molecule has 19 heteroatoms. The Kier molecular flexibility index (Phi) is 12.5. The summed E-state index contributed by atoms with van der Waals surface area (Å²) in [6, 6.07) is 7.88. The molecule has 2 aliphatic rings. The number of carboxylic acids is 1. The molecular formula is C35H37BrF3N8O6P. The Morgan fingerprint density at radius 3 is 2.44 bits per heavy atom. The van der Waals surface area contributed by atoms with Crippen LogP contribution in [0.25, 0.3) is 11.0 Å². The molecule has 4 aromatic rings. The number of nitrogens with one attached hydrogen (secondary N) is 2. The number of benzene rings is 2. The number of nitrogens with zero attached hydrogens (tertiary/aromatic N) is 6. The summed E-state index contributed by atoms with van der Waals surface area (Å²) >= 11 is 3.56. The second kappa shape index (κ2) is 16.8. The van der Waals surface area contributed by atoms with Crippen LogP contribution >= 0.6 is 23.1 Å². The number of carboxylic acid groups (broad SMARTS) is 1. The van der Waals surface area contributed by atoms with Gasteiger partial charge in [-0.15, -0.1) is 0 Å². The number of aliphatic carboxylic acids is 1. The fourth-order valence-electron chi connectivity index (χ4n) is 5.95. The normalized spacial score (nSPS) is 14.9. The molecule has 0 aliphatic carbocycles. The van der Waals surface area contributed by atoms with Gasteiger partial charge in [0.2, 0.25) is 5.95 Å². The van der Waals surface area contributed by atoms with Crippen molar-refractivity contribution in [2.24, 2.45) is 0 Å². The monoisotopic (exact) mass is 832 g/mol. The number of rotatable bonds is 9. The number of aryl methyl sites for hydroxylation is 1. The minimum Gasteiger partial charge on any atom is -0.494 e. The number of cyclic esters (lactones) is 1. The van der Waals surface area contributed by atoms with Crippen molar-refractivity contribution in [3.63, 3.8) is 0 Å². The van der Waals surface area contributed by atoms with Gasteiger partial charge in [0, 0.05) is 55.7 Å². The molecular weight excluding hydrogens is 796 g/mol. The zero-order valence-electron chi connectivity index (χ0n) is 29.6. The van der Waals surface area contributed by atoms with Crippen LogP contribution in [0, 0.1) is 0 Å². The van der Waals surface area contributed by atoms with E-state index in [2.05, 4.69) is 59.4 Å². The van der Waals surface area contributed by atoms with Crippen molar-refractivity contribution in [2.75, 3.05) is 49.1 Å². The minimum absolute atomic E-state index is 0.0698. The molecule has 0 saturated carbocycles. The first-order chi connectivity index (χ1) is 25.6. The lowest BCUT2D eigenvalue weighted by atomic mass is 10.0. The standard InChI is InChI=1S/C33H36BrN8O4P.C2HF3O2/c1-5-21-18-26(28(45-2)19-27(21)41-15-10-22(11-16-41)42-14-6-7-17-46-33(42)43)39-32-37-20-23(34)31(40-32)38-25-9-8-24-29(36-13-12-35-24)30(25)47(3,4)44;3-2(4,5)1(6)7/h6-9,12-14,17-20,22H,5,10-11,15-16H2,1-4H3,(H2,37,38,39,40);(H,6,7). The number of carbonyl (C=O) groups excluding carboxylic acids is 1. The third kappa shape index (κ3) is 9.46. The molecule has 2 aromatic heterocycles. The molecule has 54 heavy (non-hydrogen) atoms. The summed E-state index contributed by atoms with van der Waals surface area (Å²) in [5.41, 5.74) is 4.87. The number of halogens is 4. The van der Waals surface area contributed by atoms with Crippen LogP contribution in [0.15, 0.2) is 71.9 Å². The number of hydrogen-bond donors (Lipinski definition) is 3. The summed E-state index contributed by atoms with van der Waals surface area (Å²) in [5.74, 6) is -1.26. The van der Waals surface area contributed by atoms with E-state index in [1.54, 1.807) is 56.2 Å². The van der Waals surface area contributed by atoms with Gasteiger partial charge in [-0.1, -0.05) is 6.92 Å². The number of fused-ring (bicyclic) bond motifs is 1. The summed E-state index contributed by atoms with van der Waals surface area (Å²) in [6.07, 6.45) is 8.60. The Bertz CT molecular complexity index is 2140. The van der Waals surface area contributed by atoms with E-state index in [-0.39, 0.29) is 12.1 Å². The summed E-state index contributed by atoms with van der Waals surface area (Å²) in [7, 11) is -1.12. The van der Waals surface area contributed by atoms with Gasteiger partial charge in [0.1, 0.15) is 24.2 Å². The van der Waals surface area contributed by atoms with E-state index in [1.165, 1.54) is 6.26 Å². The fourth-order valence-corrected chi connectivity index (χ4v) is 7.63. The zero-order chi connectivity index (χ0) is 39.2. The summed E-state index contributed by atoms with van der Waals surface area (Å²) in [4.78, 5) is 43.4. The van der Waals surface area contributed by atoms with Crippen molar-refractivity contribution in [1.29, 1.82) is 0 Å². The van der Waals surface area contributed by atoms with E-state index in [1.807, 2.05) is 24.3 Å². The van der Waals surface area contributed by atoms with Crippen LogP contribution in [0.4, 0.5) is 46.8 Å². The molecule has 1 fully saturated rings. The zero-order valence-corrected chi connectivity index (χ0v) is 32.1. The number of allylic oxidation sites excluding steroid dienone is 2. The quantitative estimate of drug-likeness (QED) is 0.141. The molecule has 1 amide bonds. The van der Waals surface area contributed by atoms with Crippen LogP contribution in [0.5, 0.6) is 5.75 Å². The lowest BCUT2D eigenvalue weighted by Crippen LogP contribution is -2.45. The number of carbonyl (C=O) groups is 2. The third-order valence-electron chi connectivity index (χ3n) is 8.43. The second-order valence-corrected chi connectivity index (χ2v) is 16.4. The molecule has 4 heterocycles. The van der Waals surface area contributed by atoms with Crippen LogP contribution in [0.2, 0.25) is 0 Å². The maximum absolute atomic E-state index is 13.4. The van der Waals surface area contributed by atoms with Gasteiger partial charge in [0.05, 0.1) is 40.0 Å². The molecule has 2 aliphatic heterocycles. The summed E-state index contributed by atoms with van der Waals surface area (Å²) in [5, 5.41) is 14.4. The maximum atomic E-state index is 13.4. The number of alkyl halides is 3. The van der Waals surface area contributed by atoms with Crippen LogP contribution in [-0.2, 0) is 20.5 Å². The summed E-state index contributed by atoms with van der Waals surface area (Å²) < 4.78 is 56.8. The highest BCUT2D eigenvalue weighted by Gasteiger charge is 2.38. The first-order valence-electron chi connectivity index (χ1n) is 16.5. The molecule has 2 aromatic carbocycles. The van der Waals surface area contributed by atoms with Gasteiger partial charge in [-0.25, -0.2) is 14.6 Å². The van der Waals surface area contributed by atoms with Gasteiger partial charge < -0.3 is 34.7 Å². The first kappa shape index (κ1) is 40.0. The van der Waals surface area contributed by atoms with E-state index in [0.29, 0.717) is 44.0 Å². The third-order valence-corrected chi connectivity index (χ3v) is 10.5. The highest BCUT2D eigenvalue weighted by atomic mass is 79.9. The smallest absolute Gasteiger partial charge is 0.490 e. The first-order valence-corrected chi connectivity index (χ1v) is 19.9. The molecule has 0 bridgehead atoms. The van der Waals surface area contributed by atoms with Crippen LogP contribution in [0.1, 0.15) is 25.3 Å². The van der Waals surface area contributed by atoms with E-state index in [9.17, 15) is 22.5 Å². The van der Waals surface area contributed by atoms with E-state index in [0.717, 1.165) is 49.3 Å². The van der Waals surface area contributed by atoms with Gasteiger partial charge in [-0.05, 0) is 84.4 Å². The van der Waals surface area contributed by atoms with Crippen molar-refractivity contribution in [2.45, 2.75) is 38.4 Å². The van der Waals surface area contributed by atoms with Crippen molar-refractivity contribution in [3.8, 4) is 5.75 Å². The molecule has 6 rings (SSSR count). The van der Waals surface area contributed by atoms with Gasteiger partial charge in [0.15, 0.2) is 0 Å². The van der Waals surface area contributed by atoms with Crippen molar-refractivity contribution in [1.82, 2.24) is 24.8 Å². The van der Waals surface area contributed by atoms with Crippen molar-refractivity contribution < 1.29 is 41.9 Å². The largest absolute Gasteiger partial charge is 0.494 e. The number of anilines is 5. The highest BCUT2D eigenvalue weighted by molar-refractivity contribution is 9.10. The summed E-state index contributed by atoms with van der Waals surface area (Å²) in [6.45, 7) is 7.13. The number of hydrogen-bond acceptors (Lipinski definition) is 12. The number of aromatic nitrogens is 4. The molecule has 286 valence electrons. The topological polar surface area (TPSA) is 172 Å². The van der Waals surface area contributed by atoms with Crippen LogP contribution < -0.4 is 25.6 Å². The maximum Gasteiger partial charge on any atom is 0.490 e. The van der Waals surface area contributed by atoms with E-state index < -0.39 is 19.3 Å². The average Bonchev–Trinajstić information content (AvgIpc) is 3.36. The van der Waals surface area contributed by atoms with Crippen LogP contribution in [-0.4, -0.2) is 87.8 Å². The highest BCUT2D eigenvalue weighted by Crippen LogP contribution is 2.42. The molecule has 1 saturated heterocycles. The molecule has 0 unspecified atom stereocenters. The van der Waals surface area contributed by atoms with Gasteiger partial charge >= 0.3 is 18.2 Å². The van der Waals surface area contributed by atoms with Gasteiger partial charge in [-0.3, -0.25) is 14.9 Å². The van der Waals surface area contributed by atoms with Crippen LogP contribution in [0.3, 0.4) is 0 Å². The Hall–Kier alpha value is -5.22. The molecule has 0 atom stereocenters. The van der Waals surface area contributed by atoms with Gasteiger partial charge in [0.25, 0.3) is 0 Å². The molecule has 3 N–H and O–H groups in total. The second-order valence-electron chi connectivity index (χ2n) is 12.4. The lowest BCUT2D eigenvalue weighted by Gasteiger charge is -2.38. The SMILES string of the molecule is CCc1cc(Nc2ncc(Br)c(Nc3ccc4nccnc4c3P(C)(C)=O)n2)c(OC)cc1N1CCC(N2C=CC=COC2=O)CC1.O=C(O)C(F)(F)F. The Balaban J connectivity index is 0.000000730. The van der Waals surface area contributed by atoms with Crippen molar-refractivity contribution >= 4 is 80.3 Å². The molecule has 14 nitrogen and oxygen atoms in total. The lowest BCUT2D eigenvalue weighted by molar-refractivity contribution is -0.192. The van der Waals surface area contributed by atoms with E-state index in [4.69, 9.17) is 24.4 Å². The fraction of sp³-hybridized carbons (Fsp3) is 0.314. The van der Waals surface area contributed by atoms with Gasteiger partial charge in [-0.2, -0.15) is 18.2 Å². The average molecular weight is 834 g/mol. The molecule has 0 spiro atoms. The van der Waals surface area contributed by atoms with Crippen molar-refractivity contribution in [3.05, 3.63) is 77.5 Å². The number of amides is 1. The number of methoxy groups -OCH3 is 1. The number of piperidine rings is 1. The molecule has 0 radical (unpaired) electrons. The predicted molar refractivity (Wildman–Crippen MR) is 203 cm³/mol.